The van der Waals surface area contributed by atoms with Crippen molar-refractivity contribution in [2.75, 3.05) is 0 Å². The number of aromatic nitrogens is 2. The van der Waals surface area contributed by atoms with E-state index in [0.29, 0.717) is 39.1 Å². The normalized spacial score (nSPS) is 11.8. The molecule has 212 valence electrons. The number of fused-ring (bicyclic) bond motifs is 9. The molecule has 0 saturated carbocycles. The largest absolute Gasteiger partial charge is 0.504 e. The minimum atomic E-state index is -0.424. The Labute approximate surface area is 256 Å². The highest BCUT2D eigenvalue weighted by atomic mass is 19.1. The maximum Gasteiger partial charge on any atom is 0.180 e. The fraction of sp³-hybridized carbons (Fsp3) is 0. The van der Waals surface area contributed by atoms with E-state index in [1.54, 1.807) is 24.3 Å². The van der Waals surface area contributed by atoms with Crippen LogP contribution in [-0.4, -0.2) is 15.1 Å². The van der Waals surface area contributed by atoms with Crippen molar-refractivity contribution in [1.82, 2.24) is 9.97 Å². The van der Waals surface area contributed by atoms with Gasteiger partial charge in [0.1, 0.15) is 17.0 Å². The number of benzene rings is 7. The third-order valence-corrected chi connectivity index (χ3v) is 8.67. The maximum absolute atomic E-state index is 14.7. The van der Waals surface area contributed by atoms with Gasteiger partial charge in [0.25, 0.3) is 0 Å². The number of furan rings is 1. The van der Waals surface area contributed by atoms with Gasteiger partial charge in [0.05, 0.1) is 5.39 Å². The second kappa shape index (κ2) is 9.73. The SMILES string of the molecule is Oc1c(-c2ccccc2F)ccc2c1oc1c(-c3ccccc3)nc(-c3ccc4c5ccccc5c5ccccc5c4c3)nc12. The molecule has 0 aliphatic rings. The molecule has 1 N–H and O–H groups in total. The minimum absolute atomic E-state index is 0.139. The van der Waals surface area contributed by atoms with Crippen molar-refractivity contribution in [3.05, 3.63) is 139 Å². The molecule has 0 saturated heterocycles. The Kier molecular flexibility index (Phi) is 5.50. The third kappa shape index (κ3) is 3.84. The van der Waals surface area contributed by atoms with Crippen LogP contribution in [0, 0.1) is 5.82 Å². The zero-order chi connectivity index (χ0) is 30.1. The molecule has 5 heteroatoms. The Morgan fingerprint density at radius 3 is 1.80 bits per heavy atom. The highest BCUT2D eigenvalue weighted by molar-refractivity contribution is 6.25. The van der Waals surface area contributed by atoms with Crippen LogP contribution < -0.4 is 0 Å². The van der Waals surface area contributed by atoms with Gasteiger partial charge in [-0.05, 0) is 56.6 Å². The van der Waals surface area contributed by atoms with Gasteiger partial charge in [0.15, 0.2) is 22.7 Å². The lowest BCUT2D eigenvalue weighted by Gasteiger charge is -2.12. The van der Waals surface area contributed by atoms with Gasteiger partial charge in [-0.15, -0.1) is 0 Å². The molecule has 45 heavy (non-hydrogen) atoms. The Bertz CT molecular complexity index is 2590. The van der Waals surface area contributed by atoms with Gasteiger partial charge < -0.3 is 9.52 Å². The number of aromatic hydroxyl groups is 1. The van der Waals surface area contributed by atoms with Crippen molar-refractivity contribution in [2.24, 2.45) is 0 Å². The highest BCUT2D eigenvalue weighted by Gasteiger charge is 2.22. The number of hydrogen-bond donors (Lipinski definition) is 1. The van der Waals surface area contributed by atoms with Gasteiger partial charge in [-0.25, -0.2) is 14.4 Å². The van der Waals surface area contributed by atoms with Crippen LogP contribution in [-0.2, 0) is 0 Å². The average molecular weight is 583 g/mol. The van der Waals surface area contributed by atoms with Gasteiger partial charge >= 0.3 is 0 Å². The molecule has 4 nitrogen and oxygen atoms in total. The van der Waals surface area contributed by atoms with Crippen LogP contribution in [0.2, 0.25) is 0 Å². The van der Waals surface area contributed by atoms with E-state index >= 15 is 0 Å². The molecule has 0 fully saturated rings. The summed E-state index contributed by atoms with van der Waals surface area (Å²) < 4.78 is 21.1. The third-order valence-electron chi connectivity index (χ3n) is 8.67. The standard InChI is InChI=1S/C40H23FN2O2/c41-34-17-9-8-16-30(34)31-20-21-32-36-39(45-38(32)37(31)44)35(23-10-2-1-3-11-23)42-40(43-36)24-18-19-29-27-14-5-4-12-25(27)26-13-6-7-15-28(26)33(29)22-24/h1-22,44H. The molecule has 0 aliphatic carbocycles. The van der Waals surface area contributed by atoms with E-state index in [1.165, 1.54) is 22.2 Å². The molecule has 2 aromatic heterocycles. The predicted molar refractivity (Wildman–Crippen MR) is 180 cm³/mol. The topological polar surface area (TPSA) is 59.2 Å². The van der Waals surface area contributed by atoms with Crippen molar-refractivity contribution >= 4 is 54.4 Å². The summed E-state index contributed by atoms with van der Waals surface area (Å²) >= 11 is 0. The van der Waals surface area contributed by atoms with Crippen LogP contribution in [0.4, 0.5) is 4.39 Å². The molecular weight excluding hydrogens is 559 g/mol. The van der Waals surface area contributed by atoms with Gasteiger partial charge in [-0.3, -0.25) is 0 Å². The van der Waals surface area contributed by atoms with E-state index in [-0.39, 0.29) is 11.3 Å². The number of phenolic OH excluding ortho intramolecular Hbond substituents is 1. The molecule has 0 aliphatic heterocycles. The first-order valence-electron chi connectivity index (χ1n) is 14.8. The van der Waals surface area contributed by atoms with Gasteiger partial charge in [0.2, 0.25) is 0 Å². The van der Waals surface area contributed by atoms with Crippen LogP contribution in [0.1, 0.15) is 0 Å². The lowest BCUT2D eigenvalue weighted by molar-refractivity contribution is 0.470. The Morgan fingerprint density at radius 2 is 1.09 bits per heavy atom. The van der Waals surface area contributed by atoms with E-state index in [9.17, 15) is 9.50 Å². The molecule has 9 rings (SSSR count). The zero-order valence-electron chi connectivity index (χ0n) is 23.8. The van der Waals surface area contributed by atoms with Crippen LogP contribution in [0.5, 0.6) is 5.75 Å². The minimum Gasteiger partial charge on any atom is -0.504 e. The number of halogens is 1. The molecule has 0 bridgehead atoms. The van der Waals surface area contributed by atoms with E-state index in [2.05, 4.69) is 66.7 Å². The summed E-state index contributed by atoms with van der Waals surface area (Å²) in [6.45, 7) is 0. The quantitative estimate of drug-likeness (QED) is 0.211. The van der Waals surface area contributed by atoms with Crippen molar-refractivity contribution in [1.29, 1.82) is 0 Å². The van der Waals surface area contributed by atoms with E-state index < -0.39 is 5.82 Å². The highest BCUT2D eigenvalue weighted by Crippen LogP contribution is 2.44. The van der Waals surface area contributed by atoms with Gasteiger partial charge in [-0.2, -0.15) is 0 Å². The Hall–Kier alpha value is -6.07. The first-order valence-corrected chi connectivity index (χ1v) is 14.8. The monoisotopic (exact) mass is 582 g/mol. The molecule has 0 atom stereocenters. The maximum atomic E-state index is 14.7. The smallest absolute Gasteiger partial charge is 0.180 e. The molecule has 0 amide bonds. The zero-order valence-corrected chi connectivity index (χ0v) is 23.8. The van der Waals surface area contributed by atoms with Crippen molar-refractivity contribution in [3.8, 4) is 39.5 Å². The summed E-state index contributed by atoms with van der Waals surface area (Å²) in [4.78, 5) is 10.1. The lowest BCUT2D eigenvalue weighted by Crippen LogP contribution is -1.94. The molecule has 2 heterocycles. The van der Waals surface area contributed by atoms with E-state index in [0.717, 1.165) is 27.3 Å². The first-order chi connectivity index (χ1) is 22.2. The van der Waals surface area contributed by atoms with E-state index in [1.807, 2.05) is 36.4 Å². The molecule has 0 unspecified atom stereocenters. The number of hydrogen-bond acceptors (Lipinski definition) is 4. The number of rotatable bonds is 3. The fourth-order valence-electron chi connectivity index (χ4n) is 6.56. The summed E-state index contributed by atoms with van der Waals surface area (Å²) in [6, 6.07) is 43.0. The summed E-state index contributed by atoms with van der Waals surface area (Å²) in [5.74, 6) is -0.0204. The molecule has 7 aromatic carbocycles. The summed E-state index contributed by atoms with van der Waals surface area (Å²) in [5.41, 5.74) is 4.25. The van der Waals surface area contributed by atoms with Gasteiger partial charge in [-0.1, -0.05) is 109 Å². The van der Waals surface area contributed by atoms with Crippen LogP contribution in [0.3, 0.4) is 0 Å². The summed E-state index contributed by atoms with van der Waals surface area (Å²) in [5, 5.41) is 19.1. The van der Waals surface area contributed by atoms with E-state index in [4.69, 9.17) is 14.4 Å². The number of phenols is 1. The number of nitrogens with zero attached hydrogens (tertiary/aromatic N) is 2. The Morgan fingerprint density at radius 1 is 0.489 bits per heavy atom. The van der Waals surface area contributed by atoms with Crippen molar-refractivity contribution in [3.63, 3.8) is 0 Å². The summed E-state index contributed by atoms with van der Waals surface area (Å²) in [7, 11) is 0. The average Bonchev–Trinajstić information content (AvgIpc) is 3.48. The summed E-state index contributed by atoms with van der Waals surface area (Å²) in [6.07, 6.45) is 0. The molecular formula is C40H23FN2O2. The first kappa shape index (κ1) is 25.4. The van der Waals surface area contributed by atoms with Crippen LogP contribution in [0.25, 0.3) is 88.2 Å². The van der Waals surface area contributed by atoms with Crippen LogP contribution >= 0.6 is 0 Å². The molecule has 0 spiro atoms. The molecule has 9 aromatic rings. The second-order valence-electron chi connectivity index (χ2n) is 11.2. The van der Waals surface area contributed by atoms with Crippen molar-refractivity contribution in [2.45, 2.75) is 0 Å². The lowest BCUT2D eigenvalue weighted by atomic mass is 9.93. The second-order valence-corrected chi connectivity index (χ2v) is 11.2. The van der Waals surface area contributed by atoms with Crippen LogP contribution in [0.15, 0.2) is 138 Å². The van der Waals surface area contributed by atoms with Gasteiger partial charge in [0, 0.05) is 22.3 Å². The predicted octanol–water partition coefficient (Wildman–Crippen LogP) is 10.7. The fourth-order valence-corrected chi connectivity index (χ4v) is 6.56. The van der Waals surface area contributed by atoms with Crippen molar-refractivity contribution < 1.29 is 13.9 Å². The Balaban J connectivity index is 1.33. The molecule has 0 radical (unpaired) electrons.